The van der Waals surface area contributed by atoms with Crippen LogP contribution in [0.25, 0.3) is 20.8 Å². The lowest BCUT2D eigenvalue weighted by atomic mass is 10.2. The standard InChI is InChI=1S/C14H11N3S.ClH/c15-13(16)10-6-7-11-12(8-10)18-14(17-11)9-4-2-1-3-5-9;/h1-8H,(H3,15,16);1H. The highest BCUT2D eigenvalue weighted by Crippen LogP contribution is 2.30. The predicted molar refractivity (Wildman–Crippen MR) is 83.3 cm³/mol. The van der Waals surface area contributed by atoms with Crippen LogP contribution in [0.1, 0.15) is 5.56 Å². The zero-order valence-corrected chi connectivity index (χ0v) is 11.6. The van der Waals surface area contributed by atoms with Crippen molar-refractivity contribution in [3.8, 4) is 10.6 Å². The molecule has 19 heavy (non-hydrogen) atoms. The third-order valence-corrected chi connectivity index (χ3v) is 3.79. The minimum Gasteiger partial charge on any atom is -0.384 e. The van der Waals surface area contributed by atoms with Crippen molar-refractivity contribution in [2.24, 2.45) is 5.73 Å². The highest BCUT2D eigenvalue weighted by atomic mass is 35.5. The van der Waals surface area contributed by atoms with E-state index >= 15 is 0 Å². The molecule has 0 saturated heterocycles. The smallest absolute Gasteiger partial charge is 0.124 e. The van der Waals surface area contributed by atoms with E-state index in [2.05, 4.69) is 4.98 Å². The highest BCUT2D eigenvalue weighted by Gasteiger charge is 2.07. The molecule has 0 saturated carbocycles. The summed E-state index contributed by atoms with van der Waals surface area (Å²) >= 11 is 1.62. The third-order valence-electron chi connectivity index (χ3n) is 2.72. The van der Waals surface area contributed by atoms with Crippen molar-refractivity contribution in [2.45, 2.75) is 0 Å². The monoisotopic (exact) mass is 289 g/mol. The van der Waals surface area contributed by atoms with E-state index in [1.54, 1.807) is 11.3 Å². The largest absolute Gasteiger partial charge is 0.384 e. The second-order valence-corrected chi connectivity index (χ2v) is 5.01. The van der Waals surface area contributed by atoms with Gasteiger partial charge >= 0.3 is 0 Å². The number of hydrogen-bond donors (Lipinski definition) is 2. The zero-order valence-electron chi connectivity index (χ0n) is 9.96. The fraction of sp³-hybridized carbons (Fsp3) is 0. The van der Waals surface area contributed by atoms with E-state index in [-0.39, 0.29) is 18.2 Å². The maximum atomic E-state index is 7.44. The van der Waals surface area contributed by atoms with Gasteiger partial charge < -0.3 is 5.73 Å². The van der Waals surface area contributed by atoms with E-state index in [9.17, 15) is 0 Å². The summed E-state index contributed by atoms with van der Waals surface area (Å²) in [4.78, 5) is 4.59. The fourth-order valence-corrected chi connectivity index (χ4v) is 2.81. The Balaban J connectivity index is 0.00000133. The summed E-state index contributed by atoms with van der Waals surface area (Å²) in [6, 6.07) is 15.7. The first-order valence-electron chi connectivity index (χ1n) is 5.54. The van der Waals surface area contributed by atoms with Crippen LogP contribution in [0.3, 0.4) is 0 Å². The Morgan fingerprint density at radius 1 is 1.11 bits per heavy atom. The van der Waals surface area contributed by atoms with Crippen molar-refractivity contribution < 1.29 is 0 Å². The lowest BCUT2D eigenvalue weighted by Gasteiger charge is -1.95. The molecule has 0 aliphatic carbocycles. The van der Waals surface area contributed by atoms with Gasteiger partial charge in [0, 0.05) is 11.1 Å². The Bertz CT molecular complexity index is 722. The Kier molecular flexibility index (Phi) is 3.83. The molecule has 0 aliphatic rings. The van der Waals surface area contributed by atoms with Crippen LogP contribution < -0.4 is 5.73 Å². The molecule has 1 aromatic heterocycles. The maximum Gasteiger partial charge on any atom is 0.124 e. The van der Waals surface area contributed by atoms with Gasteiger partial charge in [0.1, 0.15) is 10.8 Å². The molecule has 96 valence electrons. The number of nitrogens with zero attached hydrogens (tertiary/aromatic N) is 1. The Labute approximate surface area is 121 Å². The van der Waals surface area contributed by atoms with E-state index < -0.39 is 0 Å². The van der Waals surface area contributed by atoms with Crippen molar-refractivity contribution in [1.29, 1.82) is 5.41 Å². The Hall–Kier alpha value is -1.91. The lowest BCUT2D eigenvalue weighted by molar-refractivity contribution is 1.43. The van der Waals surface area contributed by atoms with Crippen molar-refractivity contribution in [1.82, 2.24) is 4.98 Å². The van der Waals surface area contributed by atoms with Gasteiger partial charge in [-0.3, -0.25) is 5.41 Å². The number of nitrogen functional groups attached to an aromatic ring is 1. The number of halogens is 1. The van der Waals surface area contributed by atoms with Crippen LogP contribution in [0.15, 0.2) is 48.5 Å². The number of nitrogens with two attached hydrogens (primary N) is 1. The minimum absolute atomic E-state index is 0. The van der Waals surface area contributed by atoms with Crippen molar-refractivity contribution >= 4 is 39.8 Å². The van der Waals surface area contributed by atoms with Crippen LogP contribution in [0.4, 0.5) is 0 Å². The number of thiazole rings is 1. The molecule has 0 atom stereocenters. The van der Waals surface area contributed by atoms with Gasteiger partial charge in [0.2, 0.25) is 0 Å². The van der Waals surface area contributed by atoms with E-state index in [0.29, 0.717) is 0 Å². The van der Waals surface area contributed by atoms with E-state index in [4.69, 9.17) is 11.1 Å². The second kappa shape index (κ2) is 5.38. The van der Waals surface area contributed by atoms with Crippen molar-refractivity contribution in [2.75, 3.05) is 0 Å². The summed E-state index contributed by atoms with van der Waals surface area (Å²) in [5, 5.41) is 8.44. The molecule has 0 aliphatic heterocycles. The Morgan fingerprint density at radius 2 is 1.84 bits per heavy atom. The third kappa shape index (κ3) is 2.59. The molecular formula is C14H12ClN3S. The van der Waals surface area contributed by atoms with E-state index in [1.807, 2.05) is 48.5 Å². The minimum atomic E-state index is 0. The van der Waals surface area contributed by atoms with Crippen molar-refractivity contribution in [3.63, 3.8) is 0 Å². The first kappa shape index (κ1) is 13.5. The van der Waals surface area contributed by atoms with Crippen LogP contribution in [-0.2, 0) is 0 Å². The lowest BCUT2D eigenvalue weighted by Crippen LogP contribution is -2.10. The molecule has 3 rings (SSSR count). The topological polar surface area (TPSA) is 62.8 Å². The van der Waals surface area contributed by atoms with Gasteiger partial charge in [-0.2, -0.15) is 0 Å². The summed E-state index contributed by atoms with van der Waals surface area (Å²) in [6.07, 6.45) is 0. The number of amidine groups is 1. The summed E-state index contributed by atoms with van der Waals surface area (Å²) in [5.41, 5.74) is 8.29. The van der Waals surface area contributed by atoms with Crippen LogP contribution in [0.5, 0.6) is 0 Å². The molecule has 1 heterocycles. The molecule has 0 radical (unpaired) electrons. The SMILES string of the molecule is Cl.N=C(N)c1ccc2nc(-c3ccccc3)sc2c1. The normalized spacial score (nSPS) is 10.1. The van der Waals surface area contributed by atoms with Crippen LogP contribution >= 0.6 is 23.7 Å². The summed E-state index contributed by atoms with van der Waals surface area (Å²) in [5.74, 6) is 0.0894. The van der Waals surface area contributed by atoms with E-state index in [0.717, 1.165) is 26.4 Å². The molecule has 5 heteroatoms. The molecule has 0 bridgehead atoms. The van der Waals surface area contributed by atoms with Gasteiger partial charge in [-0.25, -0.2) is 4.98 Å². The molecule has 2 aromatic carbocycles. The van der Waals surface area contributed by atoms with Crippen LogP contribution in [-0.4, -0.2) is 10.8 Å². The van der Waals surface area contributed by atoms with Gasteiger partial charge in [-0.05, 0) is 18.2 Å². The van der Waals surface area contributed by atoms with Crippen molar-refractivity contribution in [3.05, 3.63) is 54.1 Å². The number of nitrogens with one attached hydrogen (secondary N) is 1. The molecule has 0 spiro atoms. The average Bonchev–Trinajstić information content (AvgIpc) is 2.82. The highest BCUT2D eigenvalue weighted by molar-refractivity contribution is 7.21. The number of hydrogen-bond acceptors (Lipinski definition) is 3. The molecule has 3 aromatic rings. The molecule has 3 nitrogen and oxygen atoms in total. The summed E-state index contributed by atoms with van der Waals surface area (Å²) in [7, 11) is 0. The molecule has 0 unspecified atom stereocenters. The molecule has 3 N–H and O–H groups in total. The van der Waals surface area contributed by atoms with Gasteiger partial charge in [0.25, 0.3) is 0 Å². The first-order valence-corrected chi connectivity index (χ1v) is 6.36. The van der Waals surface area contributed by atoms with Gasteiger partial charge in [0.15, 0.2) is 0 Å². The number of benzene rings is 2. The quantitative estimate of drug-likeness (QED) is 0.558. The zero-order chi connectivity index (χ0) is 12.5. The van der Waals surface area contributed by atoms with Gasteiger partial charge in [-0.15, -0.1) is 23.7 Å². The Morgan fingerprint density at radius 3 is 2.53 bits per heavy atom. The second-order valence-electron chi connectivity index (χ2n) is 3.98. The fourth-order valence-electron chi connectivity index (χ4n) is 1.80. The molecule has 0 fully saturated rings. The number of rotatable bonds is 2. The molecule has 0 amide bonds. The maximum absolute atomic E-state index is 7.44. The predicted octanol–water partition coefficient (Wildman–Crippen LogP) is 3.67. The van der Waals surface area contributed by atoms with E-state index in [1.165, 1.54) is 0 Å². The summed E-state index contributed by atoms with van der Waals surface area (Å²) in [6.45, 7) is 0. The summed E-state index contributed by atoms with van der Waals surface area (Å²) < 4.78 is 1.06. The first-order chi connectivity index (χ1) is 8.74. The van der Waals surface area contributed by atoms with Gasteiger partial charge in [0.05, 0.1) is 10.2 Å². The number of aromatic nitrogens is 1. The van der Waals surface area contributed by atoms with Crippen LogP contribution in [0.2, 0.25) is 0 Å². The number of fused-ring (bicyclic) bond motifs is 1. The molecular weight excluding hydrogens is 278 g/mol. The average molecular weight is 290 g/mol. The van der Waals surface area contributed by atoms with Gasteiger partial charge in [-0.1, -0.05) is 30.3 Å². The van der Waals surface area contributed by atoms with Crippen LogP contribution in [0, 0.1) is 5.41 Å².